The molecule has 4 rings (SSSR count). The predicted molar refractivity (Wildman–Crippen MR) is 133 cm³/mol. The highest BCUT2D eigenvalue weighted by Gasteiger charge is 2.59. The van der Waals surface area contributed by atoms with Gasteiger partial charge >= 0.3 is 0 Å². The van der Waals surface area contributed by atoms with Crippen LogP contribution < -0.4 is 0 Å². The standard InChI is InChI=1S/C27H43FO.C2H4O2/c1-18(17-28)6-5-7-19(2)23-10-11-24-22-9-8-20-16-21(29)12-14-26(20,3)25(22)13-15-27(23,24)4;1-2(3)4/h6,8,19,21-25,29H,5,7,9-17H2,1-4H3;1H3,(H,3,4)/b18-6+;. The number of carbonyl (C=O) groups is 1. The van der Waals surface area contributed by atoms with Crippen LogP contribution in [0.5, 0.6) is 0 Å². The number of rotatable bonds is 5. The predicted octanol–water partition coefficient (Wildman–Crippen LogP) is 7.35. The number of halogens is 1. The van der Waals surface area contributed by atoms with Crippen LogP contribution in [0.1, 0.15) is 98.8 Å². The zero-order chi connectivity index (χ0) is 24.4. The number of allylic oxidation sites excluding steroid dienone is 3. The number of aliphatic hydroxyl groups is 1. The average molecular weight is 463 g/mol. The topological polar surface area (TPSA) is 57.5 Å². The molecular weight excluding hydrogens is 415 g/mol. The number of carboxylic acid groups (broad SMARTS) is 1. The first kappa shape index (κ1) is 26.4. The molecule has 0 spiro atoms. The monoisotopic (exact) mass is 462 g/mol. The second-order valence-corrected chi connectivity index (χ2v) is 12.1. The van der Waals surface area contributed by atoms with Gasteiger partial charge in [-0.05, 0) is 117 Å². The molecule has 0 bridgehead atoms. The van der Waals surface area contributed by atoms with Crippen molar-refractivity contribution in [3.05, 3.63) is 23.3 Å². The van der Waals surface area contributed by atoms with E-state index in [-0.39, 0.29) is 12.8 Å². The van der Waals surface area contributed by atoms with Gasteiger partial charge in [0, 0.05) is 6.92 Å². The summed E-state index contributed by atoms with van der Waals surface area (Å²) in [6.07, 6.45) is 16.7. The zero-order valence-electron chi connectivity index (χ0n) is 21.6. The molecule has 0 amide bonds. The summed E-state index contributed by atoms with van der Waals surface area (Å²) in [5.74, 6) is 3.29. The Kier molecular flexibility index (Phi) is 8.51. The highest BCUT2D eigenvalue weighted by molar-refractivity contribution is 5.62. The van der Waals surface area contributed by atoms with Gasteiger partial charge in [0.2, 0.25) is 0 Å². The van der Waals surface area contributed by atoms with Gasteiger partial charge < -0.3 is 10.2 Å². The molecule has 3 saturated carbocycles. The van der Waals surface area contributed by atoms with Crippen molar-refractivity contribution in [3.63, 3.8) is 0 Å². The Morgan fingerprint density at radius 1 is 1.18 bits per heavy atom. The van der Waals surface area contributed by atoms with Crippen molar-refractivity contribution in [1.82, 2.24) is 0 Å². The molecule has 8 unspecified atom stereocenters. The summed E-state index contributed by atoms with van der Waals surface area (Å²) in [6, 6.07) is 0. The fraction of sp³-hybridized carbons (Fsp3) is 0.828. The fourth-order valence-electron chi connectivity index (χ4n) is 8.47. The molecule has 4 aliphatic rings. The van der Waals surface area contributed by atoms with E-state index < -0.39 is 5.97 Å². The maximum Gasteiger partial charge on any atom is 0.300 e. The van der Waals surface area contributed by atoms with Gasteiger partial charge in [-0.1, -0.05) is 38.5 Å². The summed E-state index contributed by atoms with van der Waals surface area (Å²) in [6.45, 7) is 10.3. The average Bonchev–Trinajstić information content (AvgIpc) is 3.11. The first-order valence-electron chi connectivity index (χ1n) is 13.3. The number of hydrogen-bond acceptors (Lipinski definition) is 2. The molecule has 2 N–H and O–H groups in total. The van der Waals surface area contributed by atoms with E-state index in [4.69, 9.17) is 9.90 Å². The van der Waals surface area contributed by atoms with Crippen molar-refractivity contribution in [2.75, 3.05) is 6.67 Å². The van der Waals surface area contributed by atoms with Gasteiger partial charge in [0.25, 0.3) is 5.97 Å². The third-order valence-corrected chi connectivity index (χ3v) is 10.2. The molecule has 0 aromatic heterocycles. The van der Waals surface area contributed by atoms with E-state index >= 15 is 0 Å². The zero-order valence-corrected chi connectivity index (χ0v) is 21.6. The second-order valence-electron chi connectivity index (χ2n) is 12.1. The third-order valence-electron chi connectivity index (χ3n) is 10.2. The molecule has 0 aromatic carbocycles. The molecule has 0 aliphatic heterocycles. The van der Waals surface area contributed by atoms with Crippen molar-refractivity contribution in [3.8, 4) is 0 Å². The van der Waals surface area contributed by atoms with Crippen LogP contribution in [0.2, 0.25) is 0 Å². The van der Waals surface area contributed by atoms with Crippen LogP contribution in [0, 0.1) is 40.4 Å². The smallest absolute Gasteiger partial charge is 0.300 e. The molecule has 4 heteroatoms. The molecule has 3 nitrogen and oxygen atoms in total. The van der Waals surface area contributed by atoms with Crippen LogP contribution >= 0.6 is 0 Å². The van der Waals surface area contributed by atoms with Crippen LogP contribution in [-0.4, -0.2) is 29.0 Å². The van der Waals surface area contributed by atoms with Gasteiger partial charge in [-0.2, -0.15) is 0 Å². The Labute approximate surface area is 200 Å². The largest absolute Gasteiger partial charge is 0.481 e. The number of fused-ring (bicyclic) bond motifs is 5. The summed E-state index contributed by atoms with van der Waals surface area (Å²) in [7, 11) is 0. The minimum atomic E-state index is -0.833. The van der Waals surface area contributed by atoms with E-state index in [1.807, 2.05) is 6.92 Å². The van der Waals surface area contributed by atoms with Crippen molar-refractivity contribution in [2.24, 2.45) is 40.4 Å². The molecule has 8 atom stereocenters. The SMILES string of the molecule is C/C(=C\CCC(C)C1CCC2C3CC=C4CC(O)CCC4(C)C3CCC12C)CF.CC(=O)O. The van der Waals surface area contributed by atoms with E-state index in [1.165, 1.54) is 44.9 Å². The van der Waals surface area contributed by atoms with Crippen LogP contribution in [0.25, 0.3) is 0 Å². The normalized spacial score (nSPS) is 41.0. The maximum absolute atomic E-state index is 12.7. The molecule has 3 fully saturated rings. The Bertz CT molecular complexity index is 754. The fourth-order valence-corrected chi connectivity index (χ4v) is 8.47. The third kappa shape index (κ3) is 5.41. The van der Waals surface area contributed by atoms with Crippen LogP contribution in [0.15, 0.2) is 23.3 Å². The molecule has 0 aromatic rings. The van der Waals surface area contributed by atoms with Crippen molar-refractivity contribution >= 4 is 5.97 Å². The lowest BCUT2D eigenvalue weighted by Crippen LogP contribution is -2.50. The molecular formula is C29H47FO3. The van der Waals surface area contributed by atoms with Gasteiger partial charge in [-0.3, -0.25) is 4.79 Å². The molecule has 33 heavy (non-hydrogen) atoms. The minimum Gasteiger partial charge on any atom is -0.481 e. The molecule has 0 heterocycles. The van der Waals surface area contributed by atoms with Crippen LogP contribution in [0.4, 0.5) is 4.39 Å². The number of carboxylic acids is 1. The Hall–Kier alpha value is -1.16. The van der Waals surface area contributed by atoms with E-state index in [9.17, 15) is 9.50 Å². The molecule has 188 valence electrons. The summed E-state index contributed by atoms with van der Waals surface area (Å²) >= 11 is 0. The minimum absolute atomic E-state index is 0.105. The molecule has 4 aliphatic carbocycles. The lowest BCUT2D eigenvalue weighted by molar-refractivity contribution is -0.134. The Morgan fingerprint density at radius 2 is 1.88 bits per heavy atom. The first-order valence-corrected chi connectivity index (χ1v) is 13.3. The van der Waals surface area contributed by atoms with Gasteiger partial charge in [0.15, 0.2) is 0 Å². The maximum atomic E-state index is 12.7. The van der Waals surface area contributed by atoms with E-state index in [2.05, 4.69) is 32.9 Å². The van der Waals surface area contributed by atoms with Crippen molar-refractivity contribution in [2.45, 2.75) is 105 Å². The first-order chi connectivity index (χ1) is 15.5. The quantitative estimate of drug-likeness (QED) is 0.420. The number of alkyl halides is 1. The van der Waals surface area contributed by atoms with Gasteiger partial charge in [0.1, 0.15) is 6.67 Å². The molecule has 0 radical (unpaired) electrons. The lowest BCUT2D eigenvalue weighted by Gasteiger charge is -2.58. The summed E-state index contributed by atoms with van der Waals surface area (Å²) in [5, 5.41) is 17.6. The Morgan fingerprint density at radius 3 is 2.55 bits per heavy atom. The van der Waals surface area contributed by atoms with E-state index in [1.54, 1.807) is 5.57 Å². The van der Waals surface area contributed by atoms with Gasteiger partial charge in [0.05, 0.1) is 6.10 Å². The second kappa shape index (κ2) is 10.6. The van der Waals surface area contributed by atoms with E-state index in [0.717, 1.165) is 61.3 Å². The molecule has 0 saturated heterocycles. The summed E-state index contributed by atoms with van der Waals surface area (Å²) in [4.78, 5) is 9.00. The van der Waals surface area contributed by atoms with Crippen LogP contribution in [0.3, 0.4) is 0 Å². The highest BCUT2D eigenvalue weighted by Crippen LogP contribution is 2.67. The van der Waals surface area contributed by atoms with Crippen LogP contribution in [-0.2, 0) is 4.79 Å². The van der Waals surface area contributed by atoms with E-state index in [0.29, 0.717) is 10.8 Å². The van der Waals surface area contributed by atoms with Crippen molar-refractivity contribution < 1.29 is 19.4 Å². The van der Waals surface area contributed by atoms with Crippen molar-refractivity contribution in [1.29, 1.82) is 0 Å². The summed E-state index contributed by atoms with van der Waals surface area (Å²) in [5.41, 5.74) is 3.32. The number of aliphatic carboxylic acids is 1. The highest BCUT2D eigenvalue weighted by atomic mass is 19.1. The number of aliphatic hydroxyl groups excluding tert-OH is 1. The Balaban J connectivity index is 0.000000709. The number of hydrogen-bond donors (Lipinski definition) is 2. The lowest BCUT2D eigenvalue weighted by atomic mass is 9.47. The van der Waals surface area contributed by atoms with Gasteiger partial charge in [-0.15, -0.1) is 0 Å². The van der Waals surface area contributed by atoms with Gasteiger partial charge in [-0.25, -0.2) is 4.39 Å². The summed E-state index contributed by atoms with van der Waals surface area (Å²) < 4.78 is 12.7.